The zero-order valence-electron chi connectivity index (χ0n) is 16.9. The second-order valence-corrected chi connectivity index (χ2v) is 9.76. The molecule has 0 spiro atoms. The van der Waals surface area contributed by atoms with Crippen LogP contribution >= 0.6 is 0 Å². The van der Waals surface area contributed by atoms with E-state index in [0.717, 1.165) is 41.1 Å². The number of benzene rings is 2. The second-order valence-electron chi connectivity index (χ2n) is 7.50. The van der Waals surface area contributed by atoms with Crippen LogP contribution in [0.1, 0.15) is 18.4 Å². The maximum absolute atomic E-state index is 12.3. The molecule has 0 aliphatic heterocycles. The van der Waals surface area contributed by atoms with E-state index in [1.807, 2.05) is 18.2 Å². The molecule has 0 bridgehead atoms. The first kappa shape index (κ1) is 22.0. The quantitative estimate of drug-likeness (QED) is 0.416. The first-order chi connectivity index (χ1) is 14.3. The number of carbonyl (C=O) groups excluding carboxylic acids is 1. The molecular formula is C22H27N3O4S. The number of sulfone groups is 1. The van der Waals surface area contributed by atoms with Crippen LogP contribution in [-0.2, 0) is 21.1 Å². The van der Waals surface area contributed by atoms with E-state index in [1.54, 1.807) is 6.20 Å². The minimum atomic E-state index is -3.17. The monoisotopic (exact) mass is 429 g/mol. The molecule has 1 amide bonds. The Kier molecular flexibility index (Phi) is 6.91. The number of aliphatic hydroxyl groups is 1. The highest BCUT2D eigenvalue weighted by Crippen LogP contribution is 2.29. The third-order valence-corrected chi connectivity index (χ3v) is 5.96. The molecule has 1 heterocycles. The molecule has 0 radical (unpaired) electrons. The largest absolute Gasteiger partial charge is 0.396 e. The van der Waals surface area contributed by atoms with Crippen LogP contribution in [0.15, 0.2) is 48.7 Å². The van der Waals surface area contributed by atoms with Gasteiger partial charge in [-0.25, -0.2) is 8.42 Å². The van der Waals surface area contributed by atoms with Gasteiger partial charge in [0.2, 0.25) is 5.91 Å². The number of H-pyrrole nitrogens is 1. The molecule has 1 atom stereocenters. The number of anilines is 1. The maximum atomic E-state index is 12.3. The molecule has 30 heavy (non-hydrogen) atoms. The van der Waals surface area contributed by atoms with Crippen molar-refractivity contribution < 1.29 is 18.3 Å². The fraction of sp³-hybridized carbons (Fsp3) is 0.318. The van der Waals surface area contributed by atoms with Gasteiger partial charge in [-0.05, 0) is 42.0 Å². The van der Waals surface area contributed by atoms with E-state index in [1.165, 1.54) is 5.56 Å². The van der Waals surface area contributed by atoms with Crippen molar-refractivity contribution in [3.8, 4) is 11.1 Å². The predicted molar refractivity (Wildman–Crippen MR) is 120 cm³/mol. The molecule has 2 aromatic carbocycles. The van der Waals surface area contributed by atoms with Crippen LogP contribution in [0.25, 0.3) is 22.0 Å². The summed E-state index contributed by atoms with van der Waals surface area (Å²) in [6.07, 6.45) is 4.50. The summed E-state index contributed by atoms with van der Waals surface area (Å²) in [4.78, 5) is 15.5. The summed E-state index contributed by atoms with van der Waals surface area (Å²) in [5.74, 6) is -0.542. The Labute approximate surface area is 176 Å². The van der Waals surface area contributed by atoms with Gasteiger partial charge in [0.05, 0.1) is 17.5 Å². The van der Waals surface area contributed by atoms with Crippen LogP contribution in [-0.4, -0.2) is 49.1 Å². The average Bonchev–Trinajstić information content (AvgIpc) is 3.12. The number of rotatable bonds is 9. The van der Waals surface area contributed by atoms with Crippen molar-refractivity contribution in [1.82, 2.24) is 4.98 Å². The van der Waals surface area contributed by atoms with E-state index in [0.29, 0.717) is 5.69 Å². The Hall–Kier alpha value is -2.68. The number of hydrogen-bond acceptors (Lipinski definition) is 5. The fourth-order valence-electron chi connectivity index (χ4n) is 3.25. The van der Waals surface area contributed by atoms with Gasteiger partial charge < -0.3 is 21.1 Å². The molecule has 0 saturated heterocycles. The van der Waals surface area contributed by atoms with E-state index in [9.17, 15) is 13.2 Å². The number of carbonyl (C=O) groups is 1. The lowest BCUT2D eigenvalue weighted by Gasteiger charge is -2.11. The van der Waals surface area contributed by atoms with Gasteiger partial charge in [0, 0.05) is 30.0 Å². The predicted octanol–water partition coefficient (Wildman–Crippen LogP) is 2.46. The van der Waals surface area contributed by atoms with Crippen molar-refractivity contribution in [3.63, 3.8) is 0 Å². The zero-order chi connectivity index (χ0) is 21.7. The molecule has 1 aromatic heterocycles. The Morgan fingerprint density at radius 1 is 1.17 bits per heavy atom. The van der Waals surface area contributed by atoms with Crippen molar-refractivity contribution in [2.45, 2.75) is 25.3 Å². The van der Waals surface area contributed by atoms with E-state index in [4.69, 9.17) is 10.8 Å². The number of aromatic nitrogens is 1. The number of amides is 1. The van der Waals surface area contributed by atoms with Gasteiger partial charge in [-0.2, -0.15) is 0 Å². The van der Waals surface area contributed by atoms with Gasteiger partial charge >= 0.3 is 0 Å². The van der Waals surface area contributed by atoms with E-state index in [-0.39, 0.29) is 18.8 Å². The molecule has 0 aliphatic carbocycles. The van der Waals surface area contributed by atoms with Crippen molar-refractivity contribution in [2.24, 2.45) is 5.73 Å². The SMILES string of the molecule is CS(=O)(=O)CC[C@@H](N)C(=O)Nc1c[nH]c2cc(-c3ccc(CCCO)cc3)ccc12. The number of nitrogens with one attached hydrogen (secondary N) is 2. The summed E-state index contributed by atoms with van der Waals surface area (Å²) in [6, 6.07) is 13.3. The average molecular weight is 430 g/mol. The summed E-state index contributed by atoms with van der Waals surface area (Å²) in [7, 11) is -3.17. The van der Waals surface area contributed by atoms with Crippen LogP contribution in [0.4, 0.5) is 5.69 Å². The van der Waals surface area contributed by atoms with Gasteiger partial charge in [-0.1, -0.05) is 36.4 Å². The molecule has 0 saturated carbocycles. The van der Waals surface area contributed by atoms with Crippen molar-refractivity contribution >= 4 is 32.3 Å². The van der Waals surface area contributed by atoms with Crippen LogP contribution in [0.5, 0.6) is 0 Å². The van der Waals surface area contributed by atoms with Crippen LogP contribution in [0.2, 0.25) is 0 Å². The third-order valence-electron chi connectivity index (χ3n) is 4.99. The van der Waals surface area contributed by atoms with Crippen molar-refractivity contribution in [2.75, 3.05) is 23.9 Å². The van der Waals surface area contributed by atoms with E-state index >= 15 is 0 Å². The zero-order valence-corrected chi connectivity index (χ0v) is 17.7. The molecule has 0 unspecified atom stereocenters. The van der Waals surface area contributed by atoms with Crippen LogP contribution in [0, 0.1) is 0 Å². The lowest BCUT2D eigenvalue weighted by Crippen LogP contribution is -2.37. The Bertz CT molecular complexity index is 1120. The lowest BCUT2D eigenvalue weighted by molar-refractivity contribution is -0.117. The molecule has 5 N–H and O–H groups in total. The van der Waals surface area contributed by atoms with Gasteiger partial charge in [-0.3, -0.25) is 4.79 Å². The molecular weight excluding hydrogens is 402 g/mol. The van der Waals surface area contributed by atoms with E-state index < -0.39 is 21.8 Å². The summed E-state index contributed by atoms with van der Waals surface area (Å²) < 4.78 is 22.5. The number of aryl methyl sites for hydroxylation is 1. The number of aliphatic hydroxyl groups excluding tert-OH is 1. The standard InChI is InChI=1S/C22H27N3O4S/c1-30(28,29)12-10-19(23)22(27)25-21-14-24-20-13-17(8-9-18(20)21)16-6-4-15(5-7-16)3-2-11-26/h4-9,13-14,19,24,26H,2-3,10-12,23H2,1H3,(H,25,27)/t19-/m1/s1. The Morgan fingerprint density at radius 2 is 1.87 bits per heavy atom. The smallest absolute Gasteiger partial charge is 0.241 e. The first-order valence-electron chi connectivity index (χ1n) is 9.82. The normalized spacial score (nSPS) is 12.8. The second kappa shape index (κ2) is 9.42. The van der Waals surface area contributed by atoms with Gasteiger partial charge in [0.15, 0.2) is 0 Å². The van der Waals surface area contributed by atoms with E-state index in [2.05, 4.69) is 34.6 Å². The fourth-order valence-corrected chi connectivity index (χ4v) is 3.94. The van der Waals surface area contributed by atoms with Gasteiger partial charge in [0.1, 0.15) is 9.84 Å². The van der Waals surface area contributed by atoms with Crippen LogP contribution < -0.4 is 11.1 Å². The third kappa shape index (κ3) is 5.69. The maximum Gasteiger partial charge on any atom is 0.241 e. The summed E-state index contributed by atoms with van der Waals surface area (Å²) in [5.41, 5.74) is 10.6. The van der Waals surface area contributed by atoms with Crippen molar-refractivity contribution in [1.29, 1.82) is 0 Å². The number of aromatic amines is 1. The summed E-state index contributed by atoms with van der Waals surface area (Å²) in [5, 5.41) is 12.6. The number of nitrogens with two attached hydrogens (primary N) is 1. The van der Waals surface area contributed by atoms with Gasteiger partial charge in [0.25, 0.3) is 0 Å². The van der Waals surface area contributed by atoms with Crippen LogP contribution in [0.3, 0.4) is 0 Å². The topological polar surface area (TPSA) is 125 Å². The first-order valence-corrected chi connectivity index (χ1v) is 11.9. The highest BCUT2D eigenvalue weighted by atomic mass is 32.2. The highest BCUT2D eigenvalue weighted by Gasteiger charge is 2.17. The summed E-state index contributed by atoms with van der Waals surface area (Å²) >= 11 is 0. The van der Waals surface area contributed by atoms with Crippen molar-refractivity contribution in [3.05, 3.63) is 54.2 Å². The molecule has 3 aromatic rings. The molecule has 8 heteroatoms. The Balaban J connectivity index is 1.72. The molecule has 7 nitrogen and oxygen atoms in total. The molecule has 160 valence electrons. The van der Waals surface area contributed by atoms with Gasteiger partial charge in [-0.15, -0.1) is 0 Å². The lowest BCUT2D eigenvalue weighted by atomic mass is 10.0. The molecule has 3 rings (SSSR count). The minimum absolute atomic E-state index is 0.0749. The molecule has 0 fully saturated rings. The Morgan fingerprint density at radius 3 is 2.53 bits per heavy atom. The number of fused-ring (bicyclic) bond motifs is 1. The minimum Gasteiger partial charge on any atom is -0.396 e. The number of hydrogen-bond donors (Lipinski definition) is 4. The summed E-state index contributed by atoms with van der Waals surface area (Å²) in [6.45, 7) is 0.187. The highest BCUT2D eigenvalue weighted by molar-refractivity contribution is 7.90. The molecule has 0 aliphatic rings.